The van der Waals surface area contributed by atoms with Gasteiger partial charge in [0.1, 0.15) is 17.9 Å². The molecule has 0 saturated heterocycles. The number of ether oxygens (including phenoxy) is 4. The topological polar surface area (TPSA) is 78.1 Å². The Labute approximate surface area is 167 Å². The summed E-state index contributed by atoms with van der Waals surface area (Å²) < 4.78 is 24.1. The summed E-state index contributed by atoms with van der Waals surface area (Å²) >= 11 is 0. The van der Waals surface area contributed by atoms with Crippen LogP contribution in [0.25, 0.3) is 22.0 Å². The predicted octanol–water partition coefficient (Wildman–Crippen LogP) is 3.11. The van der Waals surface area contributed by atoms with Gasteiger partial charge in [0.2, 0.25) is 12.5 Å². The number of fused-ring (bicyclic) bond motifs is 5. The quantitative estimate of drug-likeness (QED) is 0.685. The zero-order valence-corrected chi connectivity index (χ0v) is 16.1. The van der Waals surface area contributed by atoms with Gasteiger partial charge >= 0.3 is 5.97 Å². The molecule has 148 valence electrons. The van der Waals surface area contributed by atoms with E-state index in [2.05, 4.69) is 0 Å². The van der Waals surface area contributed by atoms with E-state index in [4.69, 9.17) is 18.9 Å². The zero-order chi connectivity index (χ0) is 20.1. The van der Waals surface area contributed by atoms with E-state index >= 15 is 0 Å². The Hall–Kier alpha value is -3.48. The number of methoxy groups -OCH3 is 2. The lowest BCUT2D eigenvalue weighted by atomic mass is 9.90. The Balaban J connectivity index is 1.78. The highest BCUT2D eigenvalue weighted by Gasteiger charge is 2.36. The van der Waals surface area contributed by atoms with Crippen LogP contribution in [0.5, 0.6) is 23.0 Å². The highest BCUT2D eigenvalue weighted by Crippen LogP contribution is 2.42. The van der Waals surface area contributed by atoms with Gasteiger partial charge in [-0.25, -0.2) is 0 Å². The van der Waals surface area contributed by atoms with Crippen molar-refractivity contribution in [3.8, 4) is 34.3 Å². The van der Waals surface area contributed by atoms with Gasteiger partial charge in [-0.15, -0.1) is 0 Å². The lowest BCUT2D eigenvalue weighted by molar-refractivity contribution is -0.712. The van der Waals surface area contributed by atoms with Crippen LogP contribution in [0.3, 0.4) is 0 Å². The fourth-order valence-electron chi connectivity index (χ4n) is 4.24. The second kappa shape index (κ2) is 6.55. The number of aliphatic carboxylic acids is 1. The van der Waals surface area contributed by atoms with Crippen LogP contribution in [0.4, 0.5) is 0 Å². The number of nitrogens with zero attached hydrogens (tertiary/aromatic N) is 1. The Morgan fingerprint density at radius 2 is 1.93 bits per heavy atom. The molecule has 7 heteroatoms. The first-order valence-corrected chi connectivity index (χ1v) is 9.33. The smallest absolute Gasteiger partial charge is 0.310 e. The van der Waals surface area contributed by atoms with E-state index in [1.54, 1.807) is 14.2 Å². The summed E-state index contributed by atoms with van der Waals surface area (Å²) in [5, 5.41) is 11.3. The normalized spacial score (nSPS) is 16.3. The molecule has 0 aliphatic carbocycles. The molecule has 2 aliphatic heterocycles. The summed E-state index contributed by atoms with van der Waals surface area (Å²) in [5.74, 6) is 1.96. The summed E-state index contributed by atoms with van der Waals surface area (Å²) in [6, 6.07) is 9.54. The summed E-state index contributed by atoms with van der Waals surface area (Å²) in [6.07, 6.45) is 2.61. The standard InChI is InChI=1S/C22H19NO6/c1-26-15-4-13-10-23-14(6-22(24)25)3-12-5-20-21(29-11-28-20)9-16(12)18(23)8-17(13)19(7-15)27-2/h4-5,7-10,14H,3,6,11H2,1-2H3/p+1. The second-order valence-electron chi connectivity index (χ2n) is 7.22. The van der Waals surface area contributed by atoms with Crippen LogP contribution in [0.15, 0.2) is 36.5 Å². The fourth-order valence-corrected chi connectivity index (χ4v) is 4.24. The molecular weight excluding hydrogens is 374 g/mol. The molecule has 0 fully saturated rings. The van der Waals surface area contributed by atoms with Crippen molar-refractivity contribution in [2.24, 2.45) is 0 Å². The number of carboxylic acids is 1. The maximum atomic E-state index is 11.5. The molecule has 3 aromatic rings. The van der Waals surface area contributed by atoms with Gasteiger partial charge in [-0.1, -0.05) is 0 Å². The molecular formula is C22H20NO6+. The van der Waals surface area contributed by atoms with Crippen LogP contribution in [0.2, 0.25) is 0 Å². The first-order valence-electron chi connectivity index (χ1n) is 9.33. The lowest BCUT2D eigenvalue weighted by Crippen LogP contribution is -2.46. The monoisotopic (exact) mass is 394 g/mol. The van der Waals surface area contributed by atoms with E-state index in [-0.39, 0.29) is 19.3 Å². The van der Waals surface area contributed by atoms with Crippen LogP contribution in [0.1, 0.15) is 18.0 Å². The van der Waals surface area contributed by atoms with E-state index in [1.807, 2.05) is 41.1 Å². The molecule has 0 spiro atoms. The van der Waals surface area contributed by atoms with E-state index in [0.717, 1.165) is 27.6 Å². The second-order valence-corrected chi connectivity index (χ2v) is 7.22. The Bertz CT molecular complexity index is 1160. The SMILES string of the molecule is COc1cc(OC)c2cc3[n+](cc2c1)C(CC(=O)O)Cc1cc2c(cc1-3)OCO2. The number of aromatic nitrogens is 1. The highest BCUT2D eigenvalue weighted by molar-refractivity contribution is 5.91. The van der Waals surface area contributed by atoms with E-state index in [0.29, 0.717) is 29.4 Å². The Morgan fingerprint density at radius 1 is 1.14 bits per heavy atom. The van der Waals surface area contributed by atoms with Gasteiger partial charge in [-0.3, -0.25) is 4.79 Å². The lowest BCUT2D eigenvalue weighted by Gasteiger charge is -2.22. The van der Waals surface area contributed by atoms with Gasteiger partial charge in [0.15, 0.2) is 23.7 Å². The van der Waals surface area contributed by atoms with Gasteiger partial charge < -0.3 is 24.1 Å². The molecule has 5 rings (SSSR count). The van der Waals surface area contributed by atoms with Crippen molar-refractivity contribution in [1.82, 2.24) is 0 Å². The van der Waals surface area contributed by atoms with Crippen molar-refractivity contribution in [3.63, 3.8) is 0 Å². The number of carboxylic acid groups (broad SMARTS) is 1. The van der Waals surface area contributed by atoms with Crippen LogP contribution in [0, 0.1) is 0 Å². The van der Waals surface area contributed by atoms with E-state index in [1.165, 1.54) is 0 Å². The molecule has 3 heterocycles. The predicted molar refractivity (Wildman–Crippen MR) is 104 cm³/mol. The van der Waals surface area contributed by atoms with Crippen molar-refractivity contribution in [1.29, 1.82) is 0 Å². The molecule has 7 nitrogen and oxygen atoms in total. The minimum absolute atomic E-state index is 0.0260. The average molecular weight is 394 g/mol. The molecule has 0 radical (unpaired) electrons. The van der Waals surface area contributed by atoms with E-state index < -0.39 is 5.97 Å². The Kier molecular flexibility index (Phi) is 3.97. The minimum atomic E-state index is -0.832. The number of hydrogen-bond acceptors (Lipinski definition) is 5. The van der Waals surface area contributed by atoms with Crippen LogP contribution in [-0.2, 0) is 11.2 Å². The molecule has 1 aromatic heterocycles. The van der Waals surface area contributed by atoms with Crippen LogP contribution < -0.4 is 23.5 Å². The minimum Gasteiger partial charge on any atom is -0.497 e. The third-order valence-corrected chi connectivity index (χ3v) is 5.57. The molecule has 2 aromatic carbocycles. The number of hydrogen-bond donors (Lipinski definition) is 1. The molecule has 0 amide bonds. The number of rotatable bonds is 4. The highest BCUT2D eigenvalue weighted by atomic mass is 16.7. The summed E-state index contributed by atoms with van der Waals surface area (Å²) in [6.45, 7) is 0.197. The molecule has 2 aliphatic rings. The first kappa shape index (κ1) is 17.6. The molecule has 29 heavy (non-hydrogen) atoms. The largest absolute Gasteiger partial charge is 0.497 e. The van der Waals surface area contributed by atoms with E-state index in [9.17, 15) is 9.90 Å². The summed E-state index contributed by atoms with van der Waals surface area (Å²) in [5.41, 5.74) is 2.98. The summed E-state index contributed by atoms with van der Waals surface area (Å²) in [7, 11) is 3.23. The molecule has 0 saturated carbocycles. The van der Waals surface area contributed by atoms with Gasteiger partial charge in [0.25, 0.3) is 0 Å². The third-order valence-electron chi connectivity index (χ3n) is 5.57. The van der Waals surface area contributed by atoms with Crippen molar-refractivity contribution >= 4 is 16.7 Å². The molecule has 0 bridgehead atoms. The fraction of sp³-hybridized carbons (Fsp3) is 0.273. The third kappa shape index (κ3) is 2.81. The van der Waals surface area contributed by atoms with Crippen LogP contribution >= 0.6 is 0 Å². The van der Waals surface area contributed by atoms with Crippen molar-refractivity contribution < 1.29 is 33.4 Å². The maximum absolute atomic E-state index is 11.5. The average Bonchev–Trinajstić information content (AvgIpc) is 3.17. The maximum Gasteiger partial charge on any atom is 0.310 e. The van der Waals surface area contributed by atoms with Crippen molar-refractivity contribution in [2.45, 2.75) is 18.9 Å². The summed E-state index contributed by atoms with van der Waals surface area (Å²) in [4.78, 5) is 11.5. The number of benzene rings is 2. The zero-order valence-electron chi connectivity index (χ0n) is 16.1. The molecule has 1 atom stereocenters. The van der Waals surface area contributed by atoms with Crippen molar-refractivity contribution in [3.05, 3.63) is 42.1 Å². The van der Waals surface area contributed by atoms with Gasteiger partial charge in [-0.2, -0.15) is 4.57 Å². The van der Waals surface area contributed by atoms with Crippen molar-refractivity contribution in [2.75, 3.05) is 21.0 Å². The van der Waals surface area contributed by atoms with Gasteiger partial charge in [-0.05, 0) is 23.8 Å². The Morgan fingerprint density at radius 3 is 2.66 bits per heavy atom. The van der Waals surface area contributed by atoms with Crippen LogP contribution in [-0.4, -0.2) is 32.1 Å². The first-order chi connectivity index (χ1) is 14.1. The molecule has 1 unspecified atom stereocenters. The molecule has 1 N–H and O–H groups in total. The number of pyridine rings is 1. The number of carbonyl (C=O) groups is 1. The van der Waals surface area contributed by atoms with Gasteiger partial charge in [0, 0.05) is 23.9 Å². The van der Waals surface area contributed by atoms with Gasteiger partial charge in [0.05, 0.1) is 25.2 Å².